The van der Waals surface area contributed by atoms with Crippen molar-refractivity contribution in [3.63, 3.8) is 0 Å². The van der Waals surface area contributed by atoms with Gasteiger partial charge in [-0.3, -0.25) is 0 Å². The first-order chi connectivity index (χ1) is 8.94. The van der Waals surface area contributed by atoms with Crippen LogP contribution in [-0.2, 0) is 10.2 Å². The Bertz CT molecular complexity index is 408. The van der Waals surface area contributed by atoms with Gasteiger partial charge in [-0.2, -0.15) is 0 Å². The highest BCUT2D eigenvalue weighted by molar-refractivity contribution is 5.29. The number of rotatable bonds is 4. The van der Waals surface area contributed by atoms with E-state index in [0.717, 1.165) is 24.8 Å². The summed E-state index contributed by atoms with van der Waals surface area (Å²) in [5.41, 5.74) is 2.49. The molecule has 0 aliphatic carbocycles. The lowest BCUT2D eigenvalue weighted by Gasteiger charge is -2.24. The zero-order valence-electron chi connectivity index (χ0n) is 12.5. The van der Waals surface area contributed by atoms with Gasteiger partial charge in [0.15, 0.2) is 0 Å². The van der Waals surface area contributed by atoms with Crippen LogP contribution in [-0.4, -0.2) is 17.3 Å². The van der Waals surface area contributed by atoms with E-state index in [-0.39, 0.29) is 17.6 Å². The van der Waals surface area contributed by atoms with Crippen molar-refractivity contribution in [2.24, 2.45) is 0 Å². The quantitative estimate of drug-likeness (QED) is 0.889. The largest absolute Gasteiger partial charge is 0.386 e. The van der Waals surface area contributed by atoms with E-state index in [4.69, 9.17) is 4.74 Å². The van der Waals surface area contributed by atoms with Crippen LogP contribution in [0.2, 0.25) is 0 Å². The van der Waals surface area contributed by atoms with Gasteiger partial charge in [0.2, 0.25) is 0 Å². The third kappa shape index (κ3) is 3.18. The first kappa shape index (κ1) is 14.5. The molecule has 3 unspecified atom stereocenters. The average molecular weight is 262 g/mol. The molecule has 1 aromatic carbocycles. The van der Waals surface area contributed by atoms with Crippen LogP contribution in [0.4, 0.5) is 0 Å². The molecule has 1 fully saturated rings. The number of benzene rings is 1. The number of aliphatic hydroxyl groups is 1. The standard InChI is InChI=1S/C17H26O2/c1-5-17(3,4)14-9-7-13(8-10-14)16(18)15-11-6-12(2)19-15/h7-10,12,15-16,18H,5-6,11H2,1-4H3. The Morgan fingerprint density at radius 1 is 1.26 bits per heavy atom. The van der Waals surface area contributed by atoms with Gasteiger partial charge in [-0.15, -0.1) is 0 Å². The number of ether oxygens (including phenoxy) is 1. The Kier molecular flexibility index (Phi) is 4.32. The third-order valence-electron chi connectivity index (χ3n) is 4.53. The van der Waals surface area contributed by atoms with Crippen molar-refractivity contribution >= 4 is 0 Å². The van der Waals surface area contributed by atoms with Crippen LogP contribution in [0.3, 0.4) is 0 Å². The fourth-order valence-corrected chi connectivity index (χ4v) is 2.62. The SMILES string of the molecule is CCC(C)(C)c1ccc(C(O)C2CCC(C)O2)cc1. The minimum absolute atomic E-state index is 0.0416. The molecular weight excluding hydrogens is 236 g/mol. The molecule has 1 aliphatic rings. The van der Waals surface area contributed by atoms with Crippen LogP contribution in [0.25, 0.3) is 0 Å². The second kappa shape index (κ2) is 5.64. The smallest absolute Gasteiger partial charge is 0.105 e. The predicted octanol–water partition coefficient (Wildman–Crippen LogP) is 3.98. The topological polar surface area (TPSA) is 29.5 Å². The van der Waals surface area contributed by atoms with E-state index < -0.39 is 6.10 Å². The predicted molar refractivity (Wildman–Crippen MR) is 78.3 cm³/mol. The fraction of sp³-hybridized carbons (Fsp3) is 0.647. The molecule has 2 rings (SSSR count). The second-order valence-corrected chi connectivity index (χ2v) is 6.37. The van der Waals surface area contributed by atoms with Gasteiger partial charge in [-0.05, 0) is 42.7 Å². The molecule has 0 saturated carbocycles. The summed E-state index contributed by atoms with van der Waals surface area (Å²) in [6, 6.07) is 8.37. The summed E-state index contributed by atoms with van der Waals surface area (Å²) < 4.78 is 5.75. The molecule has 1 saturated heterocycles. The number of hydrogen-bond acceptors (Lipinski definition) is 2. The van der Waals surface area contributed by atoms with Crippen LogP contribution in [0.15, 0.2) is 24.3 Å². The van der Waals surface area contributed by atoms with Gasteiger partial charge in [0.1, 0.15) is 6.10 Å². The normalized spacial score (nSPS) is 25.5. The van der Waals surface area contributed by atoms with E-state index in [0.29, 0.717) is 0 Å². The van der Waals surface area contributed by atoms with Gasteiger partial charge in [-0.25, -0.2) is 0 Å². The van der Waals surface area contributed by atoms with Gasteiger partial charge in [0.25, 0.3) is 0 Å². The van der Waals surface area contributed by atoms with Crippen molar-refractivity contribution in [1.82, 2.24) is 0 Å². The Balaban J connectivity index is 2.10. The highest BCUT2D eigenvalue weighted by Gasteiger charge is 2.29. The molecule has 3 atom stereocenters. The zero-order chi connectivity index (χ0) is 14.0. The summed E-state index contributed by atoms with van der Waals surface area (Å²) in [6.07, 6.45) is 2.84. The van der Waals surface area contributed by atoms with Gasteiger partial charge in [-0.1, -0.05) is 45.0 Å². The lowest BCUT2D eigenvalue weighted by Crippen LogP contribution is -2.19. The molecule has 1 aromatic rings. The Labute approximate surface area is 116 Å². The van der Waals surface area contributed by atoms with E-state index in [1.54, 1.807) is 0 Å². The van der Waals surface area contributed by atoms with E-state index in [1.165, 1.54) is 5.56 Å². The monoisotopic (exact) mass is 262 g/mol. The number of hydrogen-bond donors (Lipinski definition) is 1. The first-order valence-corrected chi connectivity index (χ1v) is 7.38. The number of aliphatic hydroxyl groups excluding tert-OH is 1. The lowest BCUT2D eigenvalue weighted by atomic mass is 9.82. The molecular formula is C17H26O2. The molecule has 2 heteroatoms. The van der Waals surface area contributed by atoms with E-state index in [9.17, 15) is 5.11 Å². The van der Waals surface area contributed by atoms with Gasteiger partial charge >= 0.3 is 0 Å². The molecule has 1 aliphatic heterocycles. The summed E-state index contributed by atoms with van der Waals surface area (Å²) >= 11 is 0. The minimum Gasteiger partial charge on any atom is -0.386 e. The van der Waals surface area contributed by atoms with E-state index >= 15 is 0 Å². The summed E-state index contributed by atoms with van der Waals surface area (Å²) in [6.45, 7) is 8.77. The van der Waals surface area contributed by atoms with Gasteiger partial charge in [0, 0.05) is 0 Å². The van der Waals surface area contributed by atoms with Crippen LogP contribution in [0, 0.1) is 0 Å². The van der Waals surface area contributed by atoms with Gasteiger partial charge in [0.05, 0.1) is 12.2 Å². The average Bonchev–Trinajstić information content (AvgIpc) is 2.85. The lowest BCUT2D eigenvalue weighted by molar-refractivity contribution is -0.0297. The van der Waals surface area contributed by atoms with Crippen LogP contribution in [0.1, 0.15) is 64.2 Å². The van der Waals surface area contributed by atoms with Crippen molar-refractivity contribution in [1.29, 1.82) is 0 Å². The van der Waals surface area contributed by atoms with Crippen molar-refractivity contribution in [2.45, 2.75) is 70.7 Å². The Hall–Kier alpha value is -0.860. The van der Waals surface area contributed by atoms with Crippen LogP contribution >= 0.6 is 0 Å². The highest BCUT2D eigenvalue weighted by Crippen LogP contribution is 2.32. The second-order valence-electron chi connectivity index (χ2n) is 6.37. The summed E-state index contributed by atoms with van der Waals surface area (Å²) in [5, 5.41) is 10.4. The molecule has 106 valence electrons. The van der Waals surface area contributed by atoms with E-state index in [1.807, 2.05) is 12.1 Å². The highest BCUT2D eigenvalue weighted by atomic mass is 16.5. The third-order valence-corrected chi connectivity index (χ3v) is 4.53. The first-order valence-electron chi connectivity index (χ1n) is 7.38. The van der Waals surface area contributed by atoms with E-state index in [2.05, 4.69) is 39.8 Å². The summed E-state index contributed by atoms with van der Waals surface area (Å²) in [5.74, 6) is 0. The van der Waals surface area contributed by atoms with Crippen molar-refractivity contribution in [2.75, 3.05) is 0 Å². The molecule has 0 aromatic heterocycles. The summed E-state index contributed by atoms with van der Waals surface area (Å²) in [7, 11) is 0. The minimum atomic E-state index is -0.497. The maximum absolute atomic E-state index is 10.4. The maximum atomic E-state index is 10.4. The fourth-order valence-electron chi connectivity index (χ4n) is 2.62. The molecule has 0 spiro atoms. The molecule has 1 heterocycles. The molecule has 0 amide bonds. The van der Waals surface area contributed by atoms with Crippen molar-refractivity contribution < 1.29 is 9.84 Å². The summed E-state index contributed by atoms with van der Waals surface area (Å²) in [4.78, 5) is 0. The molecule has 2 nitrogen and oxygen atoms in total. The Morgan fingerprint density at radius 2 is 1.89 bits per heavy atom. The molecule has 0 radical (unpaired) electrons. The molecule has 19 heavy (non-hydrogen) atoms. The molecule has 1 N–H and O–H groups in total. The molecule has 0 bridgehead atoms. The van der Waals surface area contributed by atoms with Crippen molar-refractivity contribution in [3.05, 3.63) is 35.4 Å². The van der Waals surface area contributed by atoms with Crippen LogP contribution in [0.5, 0.6) is 0 Å². The van der Waals surface area contributed by atoms with Crippen molar-refractivity contribution in [3.8, 4) is 0 Å². The van der Waals surface area contributed by atoms with Gasteiger partial charge < -0.3 is 9.84 Å². The zero-order valence-corrected chi connectivity index (χ0v) is 12.5. The maximum Gasteiger partial charge on any atom is 0.105 e. The van der Waals surface area contributed by atoms with Crippen LogP contribution < -0.4 is 0 Å². The Morgan fingerprint density at radius 3 is 2.37 bits per heavy atom.